The van der Waals surface area contributed by atoms with Crippen molar-refractivity contribution < 1.29 is 24.0 Å². The molecule has 0 aromatic heterocycles. The van der Waals surface area contributed by atoms with E-state index in [-0.39, 0.29) is 31.6 Å². The lowest BCUT2D eigenvalue weighted by molar-refractivity contribution is -0.197. The first-order valence-electron chi connectivity index (χ1n) is 22.3. The van der Waals surface area contributed by atoms with Gasteiger partial charge in [-0.1, -0.05) is 206 Å². The van der Waals surface area contributed by atoms with Crippen LogP contribution >= 0.6 is 0 Å². The average molecular weight is 719 g/mol. The molecule has 3 amide bonds. The van der Waals surface area contributed by atoms with E-state index >= 15 is 0 Å². The topological polar surface area (TPSA) is 84.0 Å². The maximum atomic E-state index is 13.2. The lowest BCUT2D eigenvalue weighted by Gasteiger charge is -2.23. The Kier molecular flexibility index (Phi) is 32.4. The quantitative estimate of drug-likeness (QED) is 0.0469. The van der Waals surface area contributed by atoms with E-state index in [4.69, 9.17) is 4.84 Å². The van der Waals surface area contributed by atoms with Crippen LogP contribution in [0.3, 0.4) is 0 Å². The molecule has 51 heavy (non-hydrogen) atoms. The molecule has 0 saturated carbocycles. The van der Waals surface area contributed by atoms with Gasteiger partial charge in [0.2, 0.25) is 5.91 Å². The highest BCUT2D eigenvalue weighted by molar-refractivity contribution is 6.01. The summed E-state index contributed by atoms with van der Waals surface area (Å²) >= 11 is 0. The molecule has 1 rings (SSSR count). The van der Waals surface area contributed by atoms with Crippen LogP contribution in [0, 0.1) is 0 Å². The van der Waals surface area contributed by atoms with E-state index < -0.39 is 17.8 Å². The molecule has 0 aromatic rings. The number of amides is 3. The number of imide groups is 1. The summed E-state index contributed by atoms with van der Waals surface area (Å²) in [4.78, 5) is 55.9. The van der Waals surface area contributed by atoms with Gasteiger partial charge in [0, 0.05) is 32.4 Å². The largest absolute Gasteiger partial charge is 0.343 e. The third-order valence-electron chi connectivity index (χ3n) is 10.7. The minimum atomic E-state index is -0.697. The van der Waals surface area contributed by atoms with Crippen LogP contribution in [-0.2, 0) is 24.0 Å². The standard InChI is InChI=1S/C44H82N2O5/c1-3-5-7-9-11-13-15-17-19-21-23-25-27-29-31-33-39-45(41(47)37-38-44(50)51-46-42(48)35-36-43(46)49)40-34-32-30-28-26-24-22-20-18-16-14-12-10-8-6-4-2/h3-40H2,1-2H3. The molecule has 0 atom stereocenters. The fourth-order valence-electron chi connectivity index (χ4n) is 7.24. The highest BCUT2D eigenvalue weighted by Crippen LogP contribution is 2.17. The van der Waals surface area contributed by atoms with Gasteiger partial charge in [-0.25, -0.2) is 4.79 Å². The van der Waals surface area contributed by atoms with Crippen molar-refractivity contribution in [3.8, 4) is 0 Å². The van der Waals surface area contributed by atoms with E-state index in [1.807, 2.05) is 4.90 Å². The highest BCUT2D eigenvalue weighted by Gasteiger charge is 2.33. The Morgan fingerprint density at radius 3 is 1.02 bits per heavy atom. The van der Waals surface area contributed by atoms with Crippen molar-refractivity contribution in [3.63, 3.8) is 0 Å². The zero-order valence-electron chi connectivity index (χ0n) is 33.8. The van der Waals surface area contributed by atoms with E-state index in [1.165, 1.54) is 180 Å². The van der Waals surface area contributed by atoms with Gasteiger partial charge in [-0.3, -0.25) is 14.4 Å². The van der Waals surface area contributed by atoms with Gasteiger partial charge in [0.05, 0.1) is 6.42 Å². The summed E-state index contributed by atoms with van der Waals surface area (Å²) in [5, 5.41) is 0.567. The number of rotatable bonds is 38. The van der Waals surface area contributed by atoms with Crippen LogP contribution in [-0.4, -0.2) is 46.7 Å². The van der Waals surface area contributed by atoms with Crippen LogP contribution in [0.4, 0.5) is 0 Å². The van der Waals surface area contributed by atoms with Gasteiger partial charge in [-0.15, -0.1) is 5.06 Å². The molecule has 0 N–H and O–H groups in total. The number of hydrogen-bond donors (Lipinski definition) is 0. The first kappa shape index (κ1) is 47.1. The minimum absolute atomic E-state index is 0.0343. The predicted octanol–water partition coefficient (Wildman–Crippen LogP) is 12.7. The van der Waals surface area contributed by atoms with E-state index in [0.29, 0.717) is 5.06 Å². The molecule has 0 bridgehead atoms. The molecule has 0 unspecified atom stereocenters. The molecule has 1 aliphatic heterocycles. The number of hydroxylamine groups is 2. The molecule has 1 fully saturated rings. The Hall–Kier alpha value is -1.92. The summed E-state index contributed by atoms with van der Waals surface area (Å²) in [6, 6.07) is 0. The third-order valence-corrected chi connectivity index (χ3v) is 10.7. The fourth-order valence-corrected chi connectivity index (χ4v) is 7.24. The van der Waals surface area contributed by atoms with Crippen LogP contribution in [0.1, 0.15) is 245 Å². The van der Waals surface area contributed by atoms with Gasteiger partial charge < -0.3 is 9.74 Å². The van der Waals surface area contributed by atoms with Crippen LogP contribution < -0.4 is 0 Å². The average Bonchev–Trinajstić information content (AvgIpc) is 3.44. The molecule has 1 saturated heterocycles. The molecule has 0 spiro atoms. The van der Waals surface area contributed by atoms with Gasteiger partial charge in [0.25, 0.3) is 11.8 Å². The smallest absolute Gasteiger partial charge is 0.333 e. The van der Waals surface area contributed by atoms with Crippen molar-refractivity contribution in [2.24, 2.45) is 0 Å². The molecule has 1 heterocycles. The van der Waals surface area contributed by atoms with Gasteiger partial charge in [-0.05, 0) is 12.8 Å². The molecule has 1 aliphatic rings. The molecular weight excluding hydrogens is 636 g/mol. The maximum Gasteiger partial charge on any atom is 0.333 e. The second-order valence-corrected chi connectivity index (χ2v) is 15.5. The van der Waals surface area contributed by atoms with Crippen molar-refractivity contribution in [2.45, 2.75) is 245 Å². The number of carbonyl (C=O) groups excluding carboxylic acids is 4. The Bertz CT molecular complexity index is 810. The summed E-state index contributed by atoms with van der Waals surface area (Å²) in [5.41, 5.74) is 0. The fraction of sp³-hybridized carbons (Fsp3) is 0.909. The first-order chi connectivity index (χ1) is 25.0. The predicted molar refractivity (Wildman–Crippen MR) is 212 cm³/mol. The van der Waals surface area contributed by atoms with Gasteiger partial charge in [0.1, 0.15) is 0 Å². The van der Waals surface area contributed by atoms with E-state index in [9.17, 15) is 19.2 Å². The summed E-state index contributed by atoms with van der Waals surface area (Å²) < 4.78 is 0. The van der Waals surface area contributed by atoms with Crippen LogP contribution in [0.15, 0.2) is 0 Å². The summed E-state index contributed by atoms with van der Waals surface area (Å²) in [5.74, 6) is -1.72. The number of carbonyl (C=O) groups is 4. The molecule has 298 valence electrons. The first-order valence-corrected chi connectivity index (χ1v) is 22.3. The lowest BCUT2D eigenvalue weighted by atomic mass is 10.0. The Morgan fingerprint density at radius 1 is 0.451 bits per heavy atom. The summed E-state index contributed by atoms with van der Waals surface area (Å²) in [6.07, 6.45) is 42.4. The molecule has 0 radical (unpaired) electrons. The Morgan fingerprint density at radius 2 is 0.725 bits per heavy atom. The third kappa shape index (κ3) is 28.3. The molecule has 0 aliphatic carbocycles. The zero-order chi connectivity index (χ0) is 37.0. The number of nitrogens with zero attached hydrogens (tertiary/aromatic N) is 2. The Balaban J connectivity index is 2.20. The normalized spacial score (nSPS) is 13.0. The van der Waals surface area contributed by atoms with E-state index in [2.05, 4.69) is 13.8 Å². The van der Waals surface area contributed by atoms with E-state index in [0.717, 1.165) is 38.8 Å². The monoisotopic (exact) mass is 719 g/mol. The van der Waals surface area contributed by atoms with Gasteiger partial charge in [-0.2, -0.15) is 0 Å². The second-order valence-electron chi connectivity index (χ2n) is 15.5. The van der Waals surface area contributed by atoms with Crippen molar-refractivity contribution in [1.82, 2.24) is 9.96 Å². The molecule has 7 nitrogen and oxygen atoms in total. The van der Waals surface area contributed by atoms with Gasteiger partial charge >= 0.3 is 5.97 Å². The van der Waals surface area contributed by atoms with Crippen LogP contribution in [0.2, 0.25) is 0 Å². The number of unbranched alkanes of at least 4 members (excludes halogenated alkanes) is 30. The van der Waals surface area contributed by atoms with Crippen molar-refractivity contribution in [2.75, 3.05) is 13.1 Å². The maximum absolute atomic E-state index is 13.2. The molecule has 7 heteroatoms. The van der Waals surface area contributed by atoms with Crippen molar-refractivity contribution in [3.05, 3.63) is 0 Å². The number of hydrogen-bond acceptors (Lipinski definition) is 5. The van der Waals surface area contributed by atoms with E-state index in [1.54, 1.807) is 0 Å². The van der Waals surface area contributed by atoms with Crippen molar-refractivity contribution >= 4 is 23.7 Å². The Labute approximate surface area is 315 Å². The van der Waals surface area contributed by atoms with Crippen molar-refractivity contribution in [1.29, 1.82) is 0 Å². The van der Waals surface area contributed by atoms with Crippen LogP contribution in [0.5, 0.6) is 0 Å². The summed E-state index contributed by atoms with van der Waals surface area (Å²) in [7, 11) is 0. The van der Waals surface area contributed by atoms with Gasteiger partial charge in [0.15, 0.2) is 0 Å². The van der Waals surface area contributed by atoms with Crippen LogP contribution in [0.25, 0.3) is 0 Å². The minimum Gasteiger partial charge on any atom is -0.343 e. The zero-order valence-corrected chi connectivity index (χ0v) is 33.8. The molecule has 0 aromatic carbocycles. The summed E-state index contributed by atoms with van der Waals surface area (Å²) in [6.45, 7) is 6.01. The SMILES string of the molecule is CCCCCCCCCCCCCCCCCCN(CCCCCCCCCCCCCCCCCC)C(=O)CCC(=O)ON1C(=O)CCC1=O. The highest BCUT2D eigenvalue weighted by atomic mass is 16.7. The lowest BCUT2D eigenvalue weighted by Crippen LogP contribution is -2.35. The second kappa shape index (κ2) is 35.1. The molecular formula is C44H82N2O5.